The predicted octanol–water partition coefficient (Wildman–Crippen LogP) is 3.62. The molecule has 1 heterocycles. The molecule has 0 radical (unpaired) electrons. The number of carbonyl (C=O) groups is 1. The van der Waals surface area contributed by atoms with Crippen molar-refractivity contribution < 1.29 is 9.53 Å². The lowest BCUT2D eigenvalue weighted by Gasteiger charge is -2.09. The maximum atomic E-state index is 12.3. The van der Waals surface area contributed by atoms with E-state index in [1.807, 2.05) is 30.3 Å². The number of aromatic nitrogens is 1. The smallest absolute Gasteiger partial charge is 0.253 e. The molecule has 0 atom stereocenters. The van der Waals surface area contributed by atoms with Crippen LogP contribution in [-0.4, -0.2) is 24.5 Å². The molecule has 0 saturated carbocycles. The number of amides is 1. The van der Waals surface area contributed by atoms with E-state index >= 15 is 0 Å². The summed E-state index contributed by atoms with van der Waals surface area (Å²) < 4.78 is 5.12. The monoisotopic (exact) mass is 327 g/mol. The second-order valence-corrected chi connectivity index (χ2v) is 5.63. The Hall–Kier alpha value is -2.56. The second-order valence-electron chi connectivity index (χ2n) is 5.63. The third-order valence-corrected chi connectivity index (χ3v) is 3.72. The van der Waals surface area contributed by atoms with Crippen LogP contribution in [-0.2, 0) is 6.54 Å². The van der Waals surface area contributed by atoms with Crippen molar-refractivity contribution in [3.63, 3.8) is 0 Å². The molecule has 1 aromatic carbocycles. The van der Waals surface area contributed by atoms with Gasteiger partial charge in [0.05, 0.1) is 18.4 Å². The van der Waals surface area contributed by atoms with Gasteiger partial charge in [0.15, 0.2) is 0 Å². The molecule has 5 heteroatoms. The van der Waals surface area contributed by atoms with E-state index in [9.17, 15) is 4.79 Å². The minimum absolute atomic E-state index is 0.129. The molecular formula is C19H25N3O2. The van der Waals surface area contributed by atoms with Crippen molar-refractivity contribution in [3.05, 3.63) is 53.9 Å². The Morgan fingerprint density at radius 3 is 2.67 bits per heavy atom. The molecule has 2 rings (SSSR count). The molecule has 0 aliphatic rings. The topological polar surface area (TPSA) is 63.2 Å². The second kappa shape index (κ2) is 9.55. The number of ether oxygens (including phenoxy) is 1. The van der Waals surface area contributed by atoms with Crippen LogP contribution >= 0.6 is 0 Å². The van der Waals surface area contributed by atoms with Crippen molar-refractivity contribution in [3.8, 4) is 5.75 Å². The SMILES string of the molecule is CCCCCNc1cncc(C(=O)NCc2ccc(OC)cc2)c1. The minimum Gasteiger partial charge on any atom is -0.497 e. The Labute approximate surface area is 143 Å². The molecule has 5 nitrogen and oxygen atoms in total. The standard InChI is InChI=1S/C19H25N3O2/c1-3-4-5-10-21-17-11-16(13-20-14-17)19(23)22-12-15-6-8-18(24-2)9-7-15/h6-9,11,13-14,21H,3-5,10,12H2,1-2H3,(H,22,23). The van der Waals surface area contributed by atoms with Crippen LogP contribution in [0.2, 0.25) is 0 Å². The van der Waals surface area contributed by atoms with Gasteiger partial charge in [0.1, 0.15) is 5.75 Å². The summed E-state index contributed by atoms with van der Waals surface area (Å²) in [6.45, 7) is 3.54. The van der Waals surface area contributed by atoms with Crippen molar-refractivity contribution in [2.24, 2.45) is 0 Å². The number of pyridine rings is 1. The zero-order chi connectivity index (χ0) is 17.2. The van der Waals surface area contributed by atoms with Gasteiger partial charge in [0.2, 0.25) is 0 Å². The summed E-state index contributed by atoms with van der Waals surface area (Å²) in [5.74, 6) is 0.673. The Morgan fingerprint density at radius 2 is 1.96 bits per heavy atom. The highest BCUT2D eigenvalue weighted by atomic mass is 16.5. The van der Waals surface area contributed by atoms with Gasteiger partial charge in [-0.25, -0.2) is 0 Å². The van der Waals surface area contributed by atoms with Gasteiger partial charge in [-0.1, -0.05) is 31.9 Å². The minimum atomic E-state index is -0.129. The zero-order valence-electron chi connectivity index (χ0n) is 14.3. The largest absolute Gasteiger partial charge is 0.497 e. The Kier molecular flexibility index (Phi) is 7.08. The van der Waals surface area contributed by atoms with Gasteiger partial charge >= 0.3 is 0 Å². The molecule has 0 fully saturated rings. The summed E-state index contributed by atoms with van der Waals surface area (Å²) in [5, 5.41) is 6.21. The molecule has 1 aromatic heterocycles. The Balaban J connectivity index is 1.86. The molecule has 128 valence electrons. The number of methoxy groups -OCH3 is 1. The van der Waals surface area contributed by atoms with Crippen molar-refractivity contribution >= 4 is 11.6 Å². The molecule has 24 heavy (non-hydrogen) atoms. The molecule has 0 spiro atoms. The molecule has 0 unspecified atom stereocenters. The number of unbranched alkanes of at least 4 members (excludes halogenated alkanes) is 2. The van der Waals surface area contributed by atoms with E-state index in [0.717, 1.165) is 30.0 Å². The number of nitrogens with zero attached hydrogens (tertiary/aromatic N) is 1. The summed E-state index contributed by atoms with van der Waals surface area (Å²) in [5.41, 5.74) is 2.46. The van der Waals surface area contributed by atoms with Crippen LogP contribution < -0.4 is 15.4 Å². The summed E-state index contributed by atoms with van der Waals surface area (Å²) in [7, 11) is 1.63. The summed E-state index contributed by atoms with van der Waals surface area (Å²) in [4.78, 5) is 16.4. The fourth-order valence-corrected chi connectivity index (χ4v) is 2.30. The van der Waals surface area contributed by atoms with E-state index in [4.69, 9.17) is 4.74 Å². The van der Waals surface area contributed by atoms with Crippen molar-refractivity contribution in [2.75, 3.05) is 19.0 Å². The number of carbonyl (C=O) groups excluding carboxylic acids is 1. The molecule has 0 bridgehead atoms. The van der Waals surface area contributed by atoms with Gasteiger partial charge < -0.3 is 15.4 Å². The van der Waals surface area contributed by atoms with E-state index in [0.29, 0.717) is 12.1 Å². The summed E-state index contributed by atoms with van der Waals surface area (Å²) >= 11 is 0. The first-order chi connectivity index (χ1) is 11.7. The van der Waals surface area contributed by atoms with Crippen LogP contribution in [0.3, 0.4) is 0 Å². The van der Waals surface area contributed by atoms with Crippen LogP contribution in [0.4, 0.5) is 5.69 Å². The number of anilines is 1. The first-order valence-corrected chi connectivity index (χ1v) is 8.33. The van der Waals surface area contributed by atoms with Gasteiger partial charge in [0, 0.05) is 25.5 Å². The maximum Gasteiger partial charge on any atom is 0.253 e. The third kappa shape index (κ3) is 5.57. The molecule has 0 saturated heterocycles. The van der Waals surface area contributed by atoms with Gasteiger partial charge in [0.25, 0.3) is 5.91 Å². The van der Waals surface area contributed by atoms with E-state index in [1.165, 1.54) is 12.8 Å². The van der Waals surface area contributed by atoms with E-state index in [1.54, 1.807) is 19.5 Å². The van der Waals surface area contributed by atoms with Crippen molar-refractivity contribution in [1.82, 2.24) is 10.3 Å². The van der Waals surface area contributed by atoms with E-state index in [-0.39, 0.29) is 5.91 Å². The van der Waals surface area contributed by atoms with Gasteiger partial charge in [-0.05, 0) is 30.2 Å². The zero-order valence-corrected chi connectivity index (χ0v) is 14.3. The number of hydrogen-bond donors (Lipinski definition) is 2. The summed E-state index contributed by atoms with van der Waals surface area (Å²) in [6, 6.07) is 9.46. The third-order valence-electron chi connectivity index (χ3n) is 3.72. The van der Waals surface area contributed by atoms with Crippen LogP contribution in [0.1, 0.15) is 42.1 Å². The lowest BCUT2D eigenvalue weighted by atomic mass is 10.2. The van der Waals surface area contributed by atoms with Crippen LogP contribution in [0, 0.1) is 0 Å². The first kappa shape index (κ1) is 17.8. The van der Waals surface area contributed by atoms with Crippen LogP contribution in [0.5, 0.6) is 5.75 Å². The molecule has 2 aromatic rings. The van der Waals surface area contributed by atoms with E-state index < -0.39 is 0 Å². The molecule has 2 N–H and O–H groups in total. The van der Waals surface area contributed by atoms with Crippen LogP contribution in [0.15, 0.2) is 42.7 Å². The number of hydrogen-bond acceptors (Lipinski definition) is 4. The average molecular weight is 327 g/mol. The van der Waals surface area contributed by atoms with Gasteiger partial charge in [-0.3, -0.25) is 9.78 Å². The first-order valence-electron chi connectivity index (χ1n) is 8.33. The lowest BCUT2D eigenvalue weighted by molar-refractivity contribution is 0.0950. The Morgan fingerprint density at radius 1 is 1.17 bits per heavy atom. The average Bonchev–Trinajstić information content (AvgIpc) is 2.64. The quantitative estimate of drug-likeness (QED) is 0.691. The molecule has 0 aliphatic carbocycles. The highest BCUT2D eigenvalue weighted by Gasteiger charge is 2.07. The highest BCUT2D eigenvalue weighted by molar-refractivity contribution is 5.94. The molecular weight excluding hydrogens is 302 g/mol. The maximum absolute atomic E-state index is 12.3. The van der Waals surface area contributed by atoms with Crippen molar-refractivity contribution in [2.45, 2.75) is 32.7 Å². The van der Waals surface area contributed by atoms with Crippen LogP contribution in [0.25, 0.3) is 0 Å². The van der Waals surface area contributed by atoms with Crippen molar-refractivity contribution in [1.29, 1.82) is 0 Å². The number of nitrogens with one attached hydrogen (secondary N) is 2. The summed E-state index contributed by atoms with van der Waals surface area (Å²) in [6.07, 6.45) is 6.83. The van der Waals surface area contributed by atoms with Gasteiger partial charge in [-0.15, -0.1) is 0 Å². The predicted molar refractivity (Wildman–Crippen MR) is 96.4 cm³/mol. The fraction of sp³-hybridized carbons (Fsp3) is 0.368. The molecule has 0 aliphatic heterocycles. The normalized spacial score (nSPS) is 10.2. The fourth-order valence-electron chi connectivity index (χ4n) is 2.30. The lowest BCUT2D eigenvalue weighted by Crippen LogP contribution is -2.23. The molecule has 1 amide bonds. The highest BCUT2D eigenvalue weighted by Crippen LogP contribution is 2.12. The van der Waals surface area contributed by atoms with Gasteiger partial charge in [-0.2, -0.15) is 0 Å². The Bertz CT molecular complexity index is 641. The number of benzene rings is 1. The number of rotatable bonds is 9. The van der Waals surface area contributed by atoms with E-state index in [2.05, 4.69) is 22.5 Å².